The molecule has 0 spiro atoms. The maximum absolute atomic E-state index is 13.4. The summed E-state index contributed by atoms with van der Waals surface area (Å²) in [5.74, 6) is -0.745. The minimum Gasteiger partial charge on any atom is -0.465 e. The zero-order valence-electron chi connectivity index (χ0n) is 20.4. The van der Waals surface area contributed by atoms with Crippen molar-refractivity contribution in [2.24, 2.45) is 4.99 Å². The lowest BCUT2D eigenvalue weighted by Gasteiger charge is -2.28. The predicted molar refractivity (Wildman–Crippen MR) is 140 cm³/mol. The van der Waals surface area contributed by atoms with Crippen molar-refractivity contribution in [3.63, 3.8) is 0 Å². The molecule has 1 N–H and O–H groups in total. The first-order valence-electron chi connectivity index (χ1n) is 11.2. The fourth-order valence-corrected chi connectivity index (χ4v) is 4.96. The summed E-state index contributed by atoms with van der Waals surface area (Å²) in [6.45, 7) is 3.73. The van der Waals surface area contributed by atoms with Gasteiger partial charge in [0, 0.05) is 17.7 Å². The third-order valence-electron chi connectivity index (χ3n) is 6.13. The van der Waals surface area contributed by atoms with Crippen molar-refractivity contribution in [3.8, 4) is 11.1 Å². The molecule has 8 heteroatoms. The van der Waals surface area contributed by atoms with Crippen LogP contribution in [0.1, 0.15) is 29.8 Å². The zero-order valence-corrected chi connectivity index (χ0v) is 21.2. The number of esters is 1. The van der Waals surface area contributed by atoms with Crippen LogP contribution in [0.3, 0.4) is 0 Å². The number of anilines is 1. The van der Waals surface area contributed by atoms with Crippen molar-refractivity contribution >= 4 is 33.1 Å². The van der Waals surface area contributed by atoms with Crippen LogP contribution in [0, 0.1) is 0 Å². The summed E-state index contributed by atoms with van der Waals surface area (Å²) >= 11 is 0. The van der Waals surface area contributed by atoms with Gasteiger partial charge in [0.1, 0.15) is 5.54 Å². The van der Waals surface area contributed by atoms with Crippen molar-refractivity contribution in [2.45, 2.75) is 24.3 Å². The molecule has 0 radical (unpaired) electrons. The number of rotatable bonds is 6. The minimum atomic E-state index is -3.33. The first kappa shape index (κ1) is 25.1. The average molecular weight is 503 g/mol. The molecule has 1 unspecified atom stereocenters. The molecular formula is C28H26N2O5S. The number of aliphatic imine (C=N–C) groups is 1. The Morgan fingerprint density at radius 2 is 1.58 bits per heavy atom. The summed E-state index contributed by atoms with van der Waals surface area (Å²) in [5, 5.41) is 2.87. The Labute approximate surface area is 210 Å². The van der Waals surface area contributed by atoms with E-state index in [4.69, 9.17) is 9.73 Å². The van der Waals surface area contributed by atoms with E-state index in [0.29, 0.717) is 22.5 Å². The third kappa shape index (κ3) is 4.85. The minimum absolute atomic E-state index is 0.178. The summed E-state index contributed by atoms with van der Waals surface area (Å²) in [7, 11) is -1.99. The Morgan fingerprint density at radius 1 is 0.944 bits per heavy atom. The summed E-state index contributed by atoms with van der Waals surface area (Å²) in [5.41, 5.74) is 3.73. The summed E-state index contributed by atoms with van der Waals surface area (Å²) in [6, 6.07) is 20.8. The van der Waals surface area contributed by atoms with Crippen LogP contribution in [-0.4, -0.2) is 39.4 Å². The van der Waals surface area contributed by atoms with E-state index in [2.05, 4.69) is 5.32 Å². The van der Waals surface area contributed by atoms with Crippen molar-refractivity contribution in [3.05, 3.63) is 95.6 Å². The highest BCUT2D eigenvalue weighted by Gasteiger charge is 2.40. The van der Waals surface area contributed by atoms with Gasteiger partial charge < -0.3 is 10.1 Å². The van der Waals surface area contributed by atoms with E-state index in [-0.39, 0.29) is 10.8 Å². The van der Waals surface area contributed by atoms with E-state index >= 15 is 0 Å². The SMILES string of the molecule is COC(=O)c1ccc(-c2ccccc2C2(C)N=C(C)C=C2C(=O)Nc2ccc(S(C)(=O)=O)cc2)cc1. The molecule has 4 rings (SSSR count). The van der Waals surface area contributed by atoms with Crippen LogP contribution >= 0.6 is 0 Å². The number of hydrogen-bond donors (Lipinski definition) is 1. The maximum atomic E-state index is 13.4. The van der Waals surface area contributed by atoms with E-state index in [1.165, 1.54) is 19.2 Å². The quantitative estimate of drug-likeness (QED) is 0.488. The highest BCUT2D eigenvalue weighted by Crippen LogP contribution is 2.42. The van der Waals surface area contributed by atoms with Gasteiger partial charge >= 0.3 is 5.97 Å². The molecule has 1 aliphatic rings. The second-order valence-corrected chi connectivity index (χ2v) is 10.8. The molecule has 0 aromatic heterocycles. The van der Waals surface area contributed by atoms with E-state index in [1.54, 1.807) is 30.3 Å². The molecule has 0 saturated heterocycles. The lowest BCUT2D eigenvalue weighted by Crippen LogP contribution is -2.29. The number of carbonyl (C=O) groups is 2. The second-order valence-electron chi connectivity index (χ2n) is 8.75. The number of carbonyl (C=O) groups excluding carboxylic acids is 2. The van der Waals surface area contributed by atoms with Crippen molar-refractivity contribution in [1.29, 1.82) is 0 Å². The van der Waals surface area contributed by atoms with Gasteiger partial charge in [-0.2, -0.15) is 0 Å². The van der Waals surface area contributed by atoms with E-state index in [9.17, 15) is 18.0 Å². The van der Waals surface area contributed by atoms with E-state index in [0.717, 1.165) is 22.9 Å². The molecule has 0 fully saturated rings. The number of methoxy groups -OCH3 is 1. The predicted octanol–water partition coefficient (Wildman–Crippen LogP) is 4.80. The molecule has 0 bridgehead atoms. The molecule has 1 aliphatic heterocycles. The highest BCUT2D eigenvalue weighted by molar-refractivity contribution is 7.90. The van der Waals surface area contributed by atoms with Crippen molar-refractivity contribution in [1.82, 2.24) is 0 Å². The molecule has 3 aromatic rings. The molecule has 1 heterocycles. The largest absolute Gasteiger partial charge is 0.465 e. The number of nitrogens with zero attached hydrogens (tertiary/aromatic N) is 1. The van der Waals surface area contributed by atoms with Gasteiger partial charge in [-0.05, 0) is 73.0 Å². The Bertz CT molecular complexity index is 1500. The lowest BCUT2D eigenvalue weighted by atomic mass is 9.81. The van der Waals surface area contributed by atoms with Crippen LogP contribution in [0.5, 0.6) is 0 Å². The number of sulfone groups is 1. The van der Waals surface area contributed by atoms with Crippen molar-refractivity contribution < 1.29 is 22.7 Å². The van der Waals surface area contributed by atoms with E-state index in [1.807, 2.05) is 50.2 Å². The Hall–Kier alpha value is -4.04. The Balaban J connectivity index is 1.68. The maximum Gasteiger partial charge on any atom is 0.337 e. The third-order valence-corrected chi connectivity index (χ3v) is 7.26. The normalized spacial score (nSPS) is 17.2. The van der Waals surface area contributed by atoms with Gasteiger partial charge in [0.05, 0.1) is 23.1 Å². The Kier molecular flexibility index (Phi) is 6.65. The topological polar surface area (TPSA) is 102 Å². The molecule has 0 aliphatic carbocycles. The van der Waals surface area contributed by atoms with Gasteiger partial charge in [0.25, 0.3) is 5.91 Å². The molecule has 1 amide bonds. The summed E-state index contributed by atoms with van der Waals surface area (Å²) in [6.07, 6.45) is 2.90. The monoisotopic (exact) mass is 502 g/mol. The molecule has 0 saturated carbocycles. The summed E-state index contributed by atoms with van der Waals surface area (Å²) in [4.78, 5) is 30.3. The average Bonchev–Trinajstić information content (AvgIpc) is 3.18. The molecule has 7 nitrogen and oxygen atoms in total. The van der Waals surface area contributed by atoms with Gasteiger partial charge in [-0.15, -0.1) is 0 Å². The van der Waals surface area contributed by atoms with Crippen LogP contribution in [0.25, 0.3) is 11.1 Å². The number of benzene rings is 3. The first-order chi connectivity index (χ1) is 17.0. The number of allylic oxidation sites excluding steroid dienone is 1. The van der Waals surface area contributed by atoms with Gasteiger partial charge in [-0.25, -0.2) is 13.2 Å². The standard InChI is InChI=1S/C28H26N2O5S/c1-18-17-25(26(31)29-21-13-15-22(16-14-21)36(4,33)34)28(2,30-18)24-8-6-5-7-23(24)19-9-11-20(12-10-19)27(32)35-3/h5-17H,1-4H3,(H,29,31). The van der Waals surface area contributed by atoms with E-state index < -0.39 is 21.3 Å². The number of nitrogens with one attached hydrogen (secondary N) is 1. The number of ether oxygens (including phenoxy) is 1. The van der Waals surface area contributed by atoms with Gasteiger partial charge in [-0.1, -0.05) is 36.4 Å². The summed E-state index contributed by atoms with van der Waals surface area (Å²) < 4.78 is 28.3. The van der Waals surface area contributed by atoms with Gasteiger partial charge in [-0.3, -0.25) is 9.79 Å². The Morgan fingerprint density at radius 3 is 2.19 bits per heavy atom. The van der Waals surface area contributed by atoms with Crippen LogP contribution in [0.15, 0.2) is 94.3 Å². The molecule has 184 valence electrons. The van der Waals surface area contributed by atoms with Crippen LogP contribution in [0.2, 0.25) is 0 Å². The fourth-order valence-electron chi connectivity index (χ4n) is 4.33. The van der Waals surface area contributed by atoms with Crippen LogP contribution in [0.4, 0.5) is 5.69 Å². The first-order valence-corrected chi connectivity index (χ1v) is 13.1. The van der Waals surface area contributed by atoms with Crippen LogP contribution in [-0.2, 0) is 24.9 Å². The molecule has 1 atom stereocenters. The number of amides is 1. The second kappa shape index (κ2) is 9.54. The number of hydrogen-bond acceptors (Lipinski definition) is 6. The van der Waals surface area contributed by atoms with Crippen LogP contribution < -0.4 is 5.32 Å². The molecular weight excluding hydrogens is 476 g/mol. The smallest absolute Gasteiger partial charge is 0.337 e. The molecule has 3 aromatic carbocycles. The molecule has 36 heavy (non-hydrogen) atoms. The van der Waals surface area contributed by atoms with Gasteiger partial charge in [0.15, 0.2) is 9.84 Å². The highest BCUT2D eigenvalue weighted by atomic mass is 32.2. The zero-order chi connectivity index (χ0) is 26.1. The van der Waals surface area contributed by atoms with Crippen molar-refractivity contribution in [2.75, 3.05) is 18.7 Å². The van der Waals surface area contributed by atoms with Gasteiger partial charge in [0.2, 0.25) is 0 Å². The fraction of sp³-hybridized carbons (Fsp3) is 0.179. The lowest BCUT2D eigenvalue weighted by molar-refractivity contribution is -0.113.